The van der Waals surface area contributed by atoms with Gasteiger partial charge in [0.05, 0.1) is 23.0 Å². The van der Waals surface area contributed by atoms with Gasteiger partial charge in [-0.05, 0) is 29.8 Å². The summed E-state index contributed by atoms with van der Waals surface area (Å²) in [7, 11) is 0. The number of aromatic amines is 1. The molecule has 22 heavy (non-hydrogen) atoms. The Labute approximate surface area is 131 Å². The van der Waals surface area contributed by atoms with Gasteiger partial charge in [-0.25, -0.2) is 10.4 Å². The first-order valence-electron chi connectivity index (χ1n) is 6.61. The number of thioether (sulfide) groups is 1. The summed E-state index contributed by atoms with van der Waals surface area (Å²) in [5.41, 5.74) is 5.21. The minimum absolute atomic E-state index is 0.184. The first-order valence-corrected chi connectivity index (χ1v) is 7.59. The van der Waals surface area contributed by atoms with E-state index in [-0.39, 0.29) is 11.7 Å². The van der Waals surface area contributed by atoms with Crippen molar-refractivity contribution in [3.63, 3.8) is 0 Å². The van der Waals surface area contributed by atoms with E-state index in [4.69, 9.17) is 0 Å². The van der Waals surface area contributed by atoms with E-state index in [1.165, 1.54) is 11.8 Å². The van der Waals surface area contributed by atoms with Gasteiger partial charge in [0.25, 0.3) is 5.91 Å². The summed E-state index contributed by atoms with van der Waals surface area (Å²) in [4.78, 5) is 23.2. The predicted molar refractivity (Wildman–Crippen MR) is 86.8 cm³/mol. The van der Waals surface area contributed by atoms with Crippen molar-refractivity contribution >= 4 is 34.9 Å². The molecule has 1 aromatic carbocycles. The first kappa shape index (κ1) is 14.3. The Morgan fingerprint density at radius 2 is 2.09 bits per heavy atom. The summed E-state index contributed by atoms with van der Waals surface area (Å²) in [6.45, 7) is 0. The Morgan fingerprint density at radius 3 is 2.91 bits per heavy atom. The molecular weight excluding hydrogens is 298 g/mol. The molecule has 0 atom stereocenters. The number of hydrogen-bond acceptors (Lipinski definition) is 5. The Bertz CT molecular complexity index is 767. The maximum atomic E-state index is 11.7. The highest BCUT2D eigenvalue weighted by atomic mass is 32.2. The monoisotopic (exact) mass is 311 g/mol. The molecule has 2 aromatic heterocycles. The van der Waals surface area contributed by atoms with Crippen molar-refractivity contribution in [2.45, 2.75) is 5.16 Å². The van der Waals surface area contributed by atoms with Gasteiger partial charge in [-0.1, -0.05) is 23.9 Å². The maximum Gasteiger partial charge on any atom is 0.250 e. The molecule has 110 valence electrons. The number of pyridine rings is 1. The second kappa shape index (κ2) is 6.86. The second-order valence-corrected chi connectivity index (χ2v) is 5.39. The molecule has 0 fully saturated rings. The van der Waals surface area contributed by atoms with E-state index in [0.717, 1.165) is 21.8 Å². The highest BCUT2D eigenvalue weighted by Gasteiger charge is 2.05. The van der Waals surface area contributed by atoms with Gasteiger partial charge in [0.15, 0.2) is 5.16 Å². The Kier molecular flexibility index (Phi) is 4.45. The molecule has 3 aromatic rings. The lowest BCUT2D eigenvalue weighted by atomic mass is 10.3. The van der Waals surface area contributed by atoms with Crippen molar-refractivity contribution in [2.24, 2.45) is 5.10 Å². The van der Waals surface area contributed by atoms with Gasteiger partial charge in [0, 0.05) is 12.4 Å². The Balaban J connectivity index is 1.51. The fraction of sp³-hybridized carbons (Fsp3) is 0.0667. The molecule has 0 saturated carbocycles. The smallest absolute Gasteiger partial charge is 0.250 e. The molecule has 2 N–H and O–H groups in total. The number of carbonyl (C=O) groups excluding carboxylic acids is 1. The van der Waals surface area contributed by atoms with Crippen LogP contribution in [0.5, 0.6) is 0 Å². The number of para-hydroxylation sites is 2. The van der Waals surface area contributed by atoms with Crippen molar-refractivity contribution in [1.29, 1.82) is 0 Å². The highest BCUT2D eigenvalue weighted by molar-refractivity contribution is 7.99. The largest absolute Gasteiger partial charge is 0.333 e. The number of nitrogens with one attached hydrogen (secondary N) is 2. The summed E-state index contributed by atoms with van der Waals surface area (Å²) in [6, 6.07) is 11.4. The summed E-state index contributed by atoms with van der Waals surface area (Å²) >= 11 is 1.34. The molecule has 0 aliphatic rings. The molecular formula is C15H13N5OS. The van der Waals surface area contributed by atoms with Gasteiger partial charge < -0.3 is 4.98 Å². The third-order valence-corrected chi connectivity index (χ3v) is 3.69. The molecule has 0 unspecified atom stereocenters. The number of nitrogens with zero attached hydrogens (tertiary/aromatic N) is 3. The topological polar surface area (TPSA) is 83.0 Å². The van der Waals surface area contributed by atoms with Gasteiger partial charge >= 0.3 is 0 Å². The summed E-state index contributed by atoms with van der Waals surface area (Å²) in [6.07, 6.45) is 4.91. The minimum atomic E-state index is -0.184. The van der Waals surface area contributed by atoms with Crippen molar-refractivity contribution in [2.75, 3.05) is 5.75 Å². The third kappa shape index (κ3) is 3.70. The number of rotatable bonds is 5. The standard InChI is InChI=1S/C15H13N5OS/c21-14(20-17-9-11-5-7-16-8-6-11)10-22-15-18-12-3-1-2-4-13(12)19-15/h1-9H,10H2,(H,18,19)(H,20,21)/b17-9-. The van der Waals surface area contributed by atoms with Crippen LogP contribution in [0, 0.1) is 0 Å². The number of imidazole rings is 1. The van der Waals surface area contributed by atoms with Gasteiger partial charge in [-0.3, -0.25) is 9.78 Å². The maximum absolute atomic E-state index is 11.7. The fourth-order valence-corrected chi connectivity index (χ4v) is 2.47. The van der Waals surface area contributed by atoms with Gasteiger partial charge in [-0.2, -0.15) is 5.10 Å². The van der Waals surface area contributed by atoms with E-state index in [0.29, 0.717) is 0 Å². The molecule has 0 spiro atoms. The third-order valence-electron chi connectivity index (χ3n) is 2.82. The van der Waals surface area contributed by atoms with Crippen molar-refractivity contribution in [1.82, 2.24) is 20.4 Å². The van der Waals surface area contributed by atoms with Crippen LogP contribution in [-0.4, -0.2) is 32.8 Å². The molecule has 0 aliphatic heterocycles. The van der Waals surface area contributed by atoms with E-state index in [1.807, 2.05) is 24.3 Å². The van der Waals surface area contributed by atoms with Crippen molar-refractivity contribution in [3.8, 4) is 0 Å². The number of carbonyl (C=O) groups is 1. The molecule has 6 nitrogen and oxygen atoms in total. The lowest BCUT2D eigenvalue weighted by Crippen LogP contribution is -2.19. The van der Waals surface area contributed by atoms with Crippen LogP contribution in [0.3, 0.4) is 0 Å². The van der Waals surface area contributed by atoms with Crippen LogP contribution in [0.1, 0.15) is 5.56 Å². The predicted octanol–water partition coefficient (Wildman–Crippen LogP) is 2.20. The number of benzene rings is 1. The van der Waals surface area contributed by atoms with E-state index in [1.54, 1.807) is 30.7 Å². The van der Waals surface area contributed by atoms with Crippen molar-refractivity contribution < 1.29 is 4.79 Å². The average Bonchev–Trinajstić information content (AvgIpc) is 2.97. The normalized spacial score (nSPS) is 11.1. The number of hydrogen-bond donors (Lipinski definition) is 2. The van der Waals surface area contributed by atoms with E-state index in [9.17, 15) is 4.79 Å². The molecule has 0 bridgehead atoms. The van der Waals surface area contributed by atoms with E-state index >= 15 is 0 Å². The lowest BCUT2D eigenvalue weighted by molar-refractivity contribution is -0.118. The van der Waals surface area contributed by atoms with Crippen LogP contribution in [-0.2, 0) is 4.79 Å². The van der Waals surface area contributed by atoms with E-state index in [2.05, 4.69) is 25.5 Å². The number of amides is 1. The number of hydrazone groups is 1. The SMILES string of the molecule is O=C(CSc1nc2ccccc2[nH]1)N/N=C\c1ccncc1. The summed E-state index contributed by atoms with van der Waals surface area (Å²) in [5, 5.41) is 4.62. The number of aromatic nitrogens is 3. The molecule has 2 heterocycles. The molecule has 0 aliphatic carbocycles. The molecule has 0 radical (unpaired) electrons. The average molecular weight is 311 g/mol. The van der Waals surface area contributed by atoms with Gasteiger partial charge in [0.1, 0.15) is 0 Å². The second-order valence-electron chi connectivity index (χ2n) is 4.42. The lowest BCUT2D eigenvalue weighted by Gasteiger charge is -1.97. The van der Waals surface area contributed by atoms with Crippen LogP contribution >= 0.6 is 11.8 Å². The quantitative estimate of drug-likeness (QED) is 0.430. The van der Waals surface area contributed by atoms with Gasteiger partial charge in [-0.15, -0.1) is 0 Å². The zero-order valence-corrected chi connectivity index (χ0v) is 12.4. The molecule has 7 heteroatoms. The Morgan fingerprint density at radius 1 is 1.27 bits per heavy atom. The zero-order chi connectivity index (χ0) is 15.2. The van der Waals surface area contributed by atoms with E-state index < -0.39 is 0 Å². The van der Waals surface area contributed by atoms with Crippen LogP contribution in [0.2, 0.25) is 0 Å². The number of H-pyrrole nitrogens is 1. The molecule has 3 rings (SSSR count). The Hall–Kier alpha value is -2.67. The summed E-state index contributed by atoms with van der Waals surface area (Å²) < 4.78 is 0. The van der Waals surface area contributed by atoms with Crippen LogP contribution in [0.4, 0.5) is 0 Å². The zero-order valence-electron chi connectivity index (χ0n) is 11.6. The van der Waals surface area contributed by atoms with Crippen LogP contribution in [0.25, 0.3) is 11.0 Å². The van der Waals surface area contributed by atoms with Crippen LogP contribution in [0.15, 0.2) is 59.0 Å². The van der Waals surface area contributed by atoms with Gasteiger partial charge in [0.2, 0.25) is 0 Å². The fourth-order valence-electron chi connectivity index (χ4n) is 1.79. The summed E-state index contributed by atoms with van der Waals surface area (Å²) in [5.74, 6) is 0.0591. The van der Waals surface area contributed by atoms with Crippen molar-refractivity contribution in [3.05, 3.63) is 54.4 Å². The highest BCUT2D eigenvalue weighted by Crippen LogP contribution is 2.18. The molecule has 1 amide bonds. The number of fused-ring (bicyclic) bond motifs is 1. The van der Waals surface area contributed by atoms with Crippen LogP contribution < -0.4 is 5.43 Å². The molecule has 0 saturated heterocycles. The first-order chi connectivity index (χ1) is 10.8. The minimum Gasteiger partial charge on any atom is -0.333 e.